The number of benzene rings is 12. The zero-order chi connectivity index (χ0) is 60.2. The molecular formula is C80H66N8. The molecule has 5 heterocycles. The van der Waals surface area contributed by atoms with E-state index in [0.717, 1.165) is 86.9 Å². The maximum atomic E-state index is 5.63. The van der Waals surface area contributed by atoms with Crippen LogP contribution in [0, 0.1) is 0 Å². The van der Waals surface area contributed by atoms with E-state index in [-0.39, 0.29) is 21.7 Å². The quantitative estimate of drug-likeness (QED) is 0.146. The Morgan fingerprint density at radius 3 is 0.614 bits per heavy atom. The Labute approximate surface area is 509 Å². The second kappa shape index (κ2) is 17.9. The van der Waals surface area contributed by atoms with Crippen LogP contribution in [-0.4, -0.2) is 39.9 Å². The number of fused-ring (bicyclic) bond motifs is 28. The standard InChI is InChI=1S/C80H66N8/c1-77(2,3)57-17-13-41-21-49-33-61-65(37-53(49)25-45(41)29-57)73-82-69(61)81-70-62-34-50-22-42-14-18-58(78(4,5)6)30-46(42)26-54(50)38-66(62)74(83-70)85-72-64-36-52-24-44-16-20-60(80(10,11)12)32-48(44)28-56(52)40-68(64)76(87-72)88-75-67-39-55-27-47-31-59(79(7,8)9)19-15-43(47)23-51(55)35-63(67)71(84-73)86-75/h13-40H,1-12H3,(H2,81,82,83,84,85,86,87,88). The third-order valence-electron chi connectivity index (χ3n) is 18.9. The molecule has 8 nitrogen and oxygen atoms in total. The lowest BCUT2D eigenvalue weighted by atomic mass is 9.85. The Morgan fingerprint density at radius 2 is 0.398 bits per heavy atom. The van der Waals surface area contributed by atoms with E-state index in [0.29, 0.717) is 45.9 Å². The highest BCUT2D eigenvalue weighted by Gasteiger charge is 2.26. The number of rotatable bonds is 0. The van der Waals surface area contributed by atoms with Crippen molar-refractivity contribution in [2.75, 3.05) is 0 Å². The monoisotopic (exact) mass is 1140 g/mol. The molecule has 12 aromatic carbocycles. The summed E-state index contributed by atoms with van der Waals surface area (Å²) in [6.07, 6.45) is 0. The number of H-pyrrole nitrogens is 2. The van der Waals surface area contributed by atoms with Gasteiger partial charge < -0.3 is 9.97 Å². The van der Waals surface area contributed by atoms with Gasteiger partial charge in [-0.15, -0.1) is 0 Å². The summed E-state index contributed by atoms with van der Waals surface area (Å²) in [6, 6.07) is 64.0. The molecule has 2 aliphatic heterocycles. The minimum Gasteiger partial charge on any atom is -0.324 e. The van der Waals surface area contributed by atoms with Crippen LogP contribution in [0.1, 0.15) is 105 Å². The fourth-order valence-corrected chi connectivity index (χ4v) is 13.6. The van der Waals surface area contributed by atoms with Crippen LogP contribution in [0.15, 0.2) is 170 Å². The van der Waals surface area contributed by atoms with E-state index in [1.807, 2.05) is 0 Å². The van der Waals surface area contributed by atoms with Crippen LogP contribution in [0.5, 0.6) is 0 Å². The molecular weight excluding hydrogens is 1070 g/mol. The molecule has 0 atom stereocenters. The van der Waals surface area contributed by atoms with Gasteiger partial charge in [0.1, 0.15) is 22.6 Å². The first kappa shape index (κ1) is 52.4. The Balaban J connectivity index is 0.996. The molecule has 8 bridgehead atoms. The van der Waals surface area contributed by atoms with Gasteiger partial charge in [-0.25, -0.2) is 29.9 Å². The van der Waals surface area contributed by atoms with Crippen molar-refractivity contribution in [2.24, 2.45) is 0 Å². The SMILES string of the molecule is CC(C)(C)c1ccc2cc3cc4c(cc3cc2c1)-c1nc-4nc2[nH]c(nc3nc(nc4[nH]c(n1)c1cc5cc6ccc(C(C)(C)C)cc6cc5cc41)-c1cc4cc5cc(C(C)(C)C)ccc5cc4cc1-3)c1cc3cc4cc(C(C)(C)C)ccc4cc3cc21. The summed E-state index contributed by atoms with van der Waals surface area (Å²) in [7, 11) is 0. The van der Waals surface area contributed by atoms with Gasteiger partial charge in [0.25, 0.3) is 0 Å². The normalized spacial score (nSPS) is 13.2. The Kier molecular flexibility index (Phi) is 10.6. The molecule has 0 fully saturated rings. The van der Waals surface area contributed by atoms with E-state index in [9.17, 15) is 0 Å². The fourth-order valence-electron chi connectivity index (χ4n) is 13.6. The van der Waals surface area contributed by atoms with E-state index in [1.54, 1.807) is 0 Å². The van der Waals surface area contributed by atoms with Crippen LogP contribution in [-0.2, 0) is 21.7 Å². The molecule has 0 spiro atoms. The lowest BCUT2D eigenvalue weighted by molar-refractivity contribution is 0.591. The summed E-state index contributed by atoms with van der Waals surface area (Å²) in [5, 5.41) is 22.1. The Hall–Kier alpha value is -9.92. The first-order valence-corrected chi connectivity index (χ1v) is 30.9. The summed E-state index contributed by atoms with van der Waals surface area (Å²) in [5.74, 6) is 2.26. The summed E-state index contributed by atoms with van der Waals surface area (Å²) in [6.45, 7) is 27.2. The fraction of sp³-hybridized carbons (Fsp3) is 0.200. The van der Waals surface area contributed by atoms with Gasteiger partial charge in [0.15, 0.2) is 23.3 Å². The number of aromatic nitrogens is 8. The molecule has 0 amide bonds. The molecule has 0 saturated heterocycles. The molecule has 0 unspecified atom stereocenters. The van der Waals surface area contributed by atoms with Gasteiger partial charge >= 0.3 is 0 Å². The average molecular weight is 1140 g/mol. The molecule has 88 heavy (non-hydrogen) atoms. The maximum Gasteiger partial charge on any atom is 0.164 e. The Bertz CT molecular complexity index is 5850. The molecule has 0 radical (unpaired) electrons. The van der Waals surface area contributed by atoms with Crippen LogP contribution < -0.4 is 0 Å². The van der Waals surface area contributed by atoms with Crippen molar-refractivity contribution >= 4 is 130 Å². The molecule has 2 N–H and O–H groups in total. The highest BCUT2D eigenvalue weighted by molar-refractivity contribution is 6.16. The highest BCUT2D eigenvalue weighted by atomic mass is 15.1. The molecule has 0 aliphatic carbocycles. The number of hydrogen-bond donors (Lipinski definition) is 2. The van der Waals surface area contributed by atoms with Crippen molar-refractivity contribution in [1.82, 2.24) is 39.9 Å². The van der Waals surface area contributed by atoms with E-state index in [2.05, 4.69) is 263 Å². The van der Waals surface area contributed by atoms with Gasteiger partial charge in [-0.1, -0.05) is 156 Å². The smallest absolute Gasteiger partial charge is 0.164 e. The average Bonchev–Trinajstić information content (AvgIpc) is 2.02. The predicted octanol–water partition coefficient (Wildman–Crippen LogP) is 21.3. The lowest BCUT2D eigenvalue weighted by Gasteiger charge is -2.19. The van der Waals surface area contributed by atoms with Gasteiger partial charge in [0.2, 0.25) is 0 Å². The van der Waals surface area contributed by atoms with E-state index in [1.165, 1.54) is 65.3 Å². The van der Waals surface area contributed by atoms with Crippen molar-refractivity contribution in [3.63, 3.8) is 0 Å². The molecule has 0 saturated carbocycles. The molecule has 2 aliphatic rings. The predicted molar refractivity (Wildman–Crippen MR) is 371 cm³/mol. The molecule has 3 aromatic heterocycles. The minimum atomic E-state index is 0.00206. The largest absolute Gasteiger partial charge is 0.324 e. The summed E-state index contributed by atoms with van der Waals surface area (Å²) in [5.41, 5.74) is 11.4. The number of hydrogen-bond acceptors (Lipinski definition) is 6. The number of aromatic amines is 2. The summed E-state index contributed by atoms with van der Waals surface area (Å²) >= 11 is 0. The first-order valence-electron chi connectivity index (χ1n) is 30.9. The zero-order valence-electron chi connectivity index (χ0n) is 51.8. The molecule has 17 rings (SSSR count). The van der Waals surface area contributed by atoms with Crippen molar-refractivity contribution in [2.45, 2.75) is 105 Å². The second-order valence-corrected chi connectivity index (χ2v) is 29.2. The van der Waals surface area contributed by atoms with Gasteiger partial charge in [-0.2, -0.15) is 0 Å². The summed E-state index contributed by atoms with van der Waals surface area (Å²) < 4.78 is 0. The number of nitrogens with zero attached hydrogens (tertiary/aromatic N) is 6. The van der Waals surface area contributed by atoms with Gasteiger partial charge in [-0.05, 0) is 227 Å². The molecule has 426 valence electrons. The van der Waals surface area contributed by atoms with Gasteiger partial charge in [0, 0.05) is 43.8 Å². The second-order valence-electron chi connectivity index (χ2n) is 29.2. The molecule has 8 heteroatoms. The van der Waals surface area contributed by atoms with Crippen LogP contribution >= 0.6 is 0 Å². The van der Waals surface area contributed by atoms with Crippen molar-refractivity contribution in [1.29, 1.82) is 0 Å². The highest BCUT2D eigenvalue weighted by Crippen LogP contribution is 2.44. The number of nitrogens with one attached hydrogen (secondary N) is 2. The lowest BCUT2D eigenvalue weighted by Crippen LogP contribution is -2.10. The van der Waals surface area contributed by atoms with E-state index < -0.39 is 0 Å². The van der Waals surface area contributed by atoms with Crippen LogP contribution in [0.2, 0.25) is 0 Å². The van der Waals surface area contributed by atoms with Crippen LogP contribution in [0.3, 0.4) is 0 Å². The maximum absolute atomic E-state index is 5.63. The third kappa shape index (κ3) is 8.39. The minimum absolute atomic E-state index is 0.00206. The zero-order valence-corrected chi connectivity index (χ0v) is 51.8. The van der Waals surface area contributed by atoms with Crippen molar-refractivity contribution < 1.29 is 0 Å². The Morgan fingerprint density at radius 1 is 0.205 bits per heavy atom. The van der Waals surface area contributed by atoms with Crippen molar-refractivity contribution in [3.05, 3.63) is 192 Å². The molecule has 15 aromatic rings. The van der Waals surface area contributed by atoms with Crippen molar-refractivity contribution in [3.8, 4) is 45.6 Å². The first-order chi connectivity index (χ1) is 41.9. The van der Waals surface area contributed by atoms with E-state index in [4.69, 9.17) is 29.9 Å². The topological polar surface area (TPSA) is 109 Å². The van der Waals surface area contributed by atoms with Gasteiger partial charge in [0.05, 0.1) is 0 Å². The van der Waals surface area contributed by atoms with Gasteiger partial charge in [-0.3, -0.25) is 0 Å². The third-order valence-corrected chi connectivity index (χ3v) is 18.9. The van der Waals surface area contributed by atoms with Crippen LogP contribution in [0.4, 0.5) is 0 Å². The van der Waals surface area contributed by atoms with E-state index >= 15 is 0 Å². The van der Waals surface area contributed by atoms with Crippen LogP contribution in [0.25, 0.3) is 176 Å². The summed E-state index contributed by atoms with van der Waals surface area (Å²) in [4.78, 5) is 41.1.